The van der Waals surface area contributed by atoms with E-state index in [0.29, 0.717) is 19.3 Å². The van der Waals surface area contributed by atoms with Crippen molar-refractivity contribution in [3.63, 3.8) is 0 Å². The normalized spacial score (nSPS) is 20.8. The molecule has 0 aromatic carbocycles. The highest BCUT2D eigenvalue weighted by molar-refractivity contribution is 4.77. The van der Waals surface area contributed by atoms with Gasteiger partial charge in [0, 0.05) is 39.4 Å². The fourth-order valence-electron chi connectivity index (χ4n) is 2.23. The van der Waals surface area contributed by atoms with Crippen LogP contribution in [0, 0.1) is 0 Å². The van der Waals surface area contributed by atoms with Gasteiger partial charge in [0.25, 0.3) is 0 Å². The van der Waals surface area contributed by atoms with Crippen LogP contribution in [0.1, 0.15) is 19.8 Å². The van der Waals surface area contributed by atoms with Gasteiger partial charge in [-0.15, -0.1) is 0 Å². The molecular formula is C14H30N2O3. The number of morpholine rings is 1. The van der Waals surface area contributed by atoms with E-state index in [9.17, 15) is 0 Å². The van der Waals surface area contributed by atoms with Crippen LogP contribution in [0.15, 0.2) is 0 Å². The molecule has 19 heavy (non-hydrogen) atoms. The van der Waals surface area contributed by atoms with Crippen LogP contribution in [-0.4, -0.2) is 77.3 Å². The molecule has 0 bridgehead atoms. The van der Waals surface area contributed by atoms with Crippen LogP contribution in [0.4, 0.5) is 0 Å². The van der Waals surface area contributed by atoms with Gasteiger partial charge in [0.2, 0.25) is 0 Å². The highest BCUT2D eigenvalue weighted by Gasteiger charge is 2.21. The van der Waals surface area contributed by atoms with Crippen molar-refractivity contribution < 1.29 is 14.2 Å². The molecule has 0 aliphatic carbocycles. The zero-order valence-electron chi connectivity index (χ0n) is 12.5. The van der Waals surface area contributed by atoms with Crippen LogP contribution < -0.4 is 5.32 Å². The number of hydrogen-bond donors (Lipinski definition) is 1. The lowest BCUT2D eigenvalue weighted by Crippen LogP contribution is -2.50. The molecule has 0 radical (unpaired) electrons. The molecule has 0 aromatic heterocycles. The van der Waals surface area contributed by atoms with Gasteiger partial charge < -0.3 is 19.5 Å². The van der Waals surface area contributed by atoms with E-state index in [0.717, 1.165) is 52.4 Å². The molecule has 0 saturated carbocycles. The minimum Gasteiger partial charge on any atom is -0.382 e. The highest BCUT2D eigenvalue weighted by atomic mass is 16.5. The lowest BCUT2D eigenvalue weighted by Gasteiger charge is -2.35. The Morgan fingerprint density at radius 2 is 2.21 bits per heavy atom. The molecule has 1 rings (SSSR count). The van der Waals surface area contributed by atoms with Crippen molar-refractivity contribution in [2.75, 3.05) is 66.3 Å². The molecule has 5 nitrogen and oxygen atoms in total. The number of ether oxygens (including phenoxy) is 3. The van der Waals surface area contributed by atoms with Gasteiger partial charge in [-0.3, -0.25) is 4.90 Å². The van der Waals surface area contributed by atoms with Crippen LogP contribution in [0.25, 0.3) is 0 Å². The second kappa shape index (κ2) is 11.6. The van der Waals surface area contributed by atoms with E-state index in [1.54, 1.807) is 7.11 Å². The Kier molecular flexibility index (Phi) is 10.3. The number of nitrogens with one attached hydrogen (secondary N) is 1. The second-order valence-corrected chi connectivity index (χ2v) is 4.93. The number of methoxy groups -OCH3 is 1. The summed E-state index contributed by atoms with van der Waals surface area (Å²) in [7, 11) is 1.70. The van der Waals surface area contributed by atoms with Crippen molar-refractivity contribution in [2.24, 2.45) is 0 Å². The minimum atomic E-state index is 0.513. The van der Waals surface area contributed by atoms with E-state index in [4.69, 9.17) is 14.2 Å². The maximum absolute atomic E-state index is 5.57. The van der Waals surface area contributed by atoms with Gasteiger partial charge in [0.05, 0.1) is 26.4 Å². The Morgan fingerprint density at radius 3 is 3.00 bits per heavy atom. The molecule has 1 saturated heterocycles. The van der Waals surface area contributed by atoms with Gasteiger partial charge in [-0.2, -0.15) is 0 Å². The summed E-state index contributed by atoms with van der Waals surface area (Å²) in [5.41, 5.74) is 0. The molecule has 5 heteroatoms. The molecule has 1 heterocycles. The van der Waals surface area contributed by atoms with Gasteiger partial charge in [0.1, 0.15) is 0 Å². The largest absolute Gasteiger partial charge is 0.382 e. The average Bonchev–Trinajstić information content (AvgIpc) is 2.44. The highest BCUT2D eigenvalue weighted by Crippen LogP contribution is 2.07. The van der Waals surface area contributed by atoms with Crippen molar-refractivity contribution in [3.05, 3.63) is 0 Å². The predicted octanol–water partition coefficient (Wildman–Crippen LogP) is 0.740. The summed E-state index contributed by atoms with van der Waals surface area (Å²) in [6.45, 7) is 10.3. The first-order valence-electron chi connectivity index (χ1n) is 7.47. The fourth-order valence-corrected chi connectivity index (χ4v) is 2.23. The Labute approximate surface area is 117 Å². The Balaban J connectivity index is 2.09. The van der Waals surface area contributed by atoms with Crippen LogP contribution in [-0.2, 0) is 14.2 Å². The molecule has 1 unspecified atom stereocenters. The Bertz CT molecular complexity index is 205. The number of rotatable bonds is 11. The third-order valence-electron chi connectivity index (χ3n) is 3.32. The summed E-state index contributed by atoms with van der Waals surface area (Å²) in [5, 5.41) is 3.48. The third-order valence-corrected chi connectivity index (χ3v) is 3.32. The second-order valence-electron chi connectivity index (χ2n) is 4.93. The van der Waals surface area contributed by atoms with Crippen molar-refractivity contribution in [3.8, 4) is 0 Å². The standard InChI is InChI=1S/C14H30N2O3/c1-3-5-15-12-14-13-19-9-7-16(14)6-4-8-18-11-10-17-2/h14-15H,3-13H2,1-2H3. The van der Waals surface area contributed by atoms with Crippen LogP contribution in [0.3, 0.4) is 0 Å². The van der Waals surface area contributed by atoms with Crippen LogP contribution >= 0.6 is 0 Å². The number of hydrogen-bond acceptors (Lipinski definition) is 5. The molecule has 1 N–H and O–H groups in total. The van der Waals surface area contributed by atoms with Crippen molar-refractivity contribution >= 4 is 0 Å². The minimum absolute atomic E-state index is 0.513. The molecule has 1 fully saturated rings. The maximum Gasteiger partial charge on any atom is 0.0700 e. The molecule has 114 valence electrons. The monoisotopic (exact) mass is 274 g/mol. The summed E-state index contributed by atoms with van der Waals surface area (Å²) < 4.78 is 16.0. The third kappa shape index (κ3) is 7.84. The zero-order chi connectivity index (χ0) is 13.8. The summed E-state index contributed by atoms with van der Waals surface area (Å²) in [5.74, 6) is 0. The topological polar surface area (TPSA) is 43.0 Å². The molecule has 0 amide bonds. The fraction of sp³-hybridized carbons (Fsp3) is 1.00. The van der Waals surface area contributed by atoms with Gasteiger partial charge in [-0.05, 0) is 19.4 Å². The van der Waals surface area contributed by atoms with Gasteiger partial charge in [-0.25, -0.2) is 0 Å². The molecule has 1 aliphatic heterocycles. The first-order valence-corrected chi connectivity index (χ1v) is 7.47. The van der Waals surface area contributed by atoms with Gasteiger partial charge in [0.15, 0.2) is 0 Å². The van der Waals surface area contributed by atoms with Crippen molar-refractivity contribution in [1.29, 1.82) is 0 Å². The summed E-state index contributed by atoms with van der Waals surface area (Å²) in [4.78, 5) is 2.52. The lowest BCUT2D eigenvalue weighted by atomic mass is 10.2. The van der Waals surface area contributed by atoms with E-state index < -0.39 is 0 Å². The molecule has 1 atom stereocenters. The predicted molar refractivity (Wildman–Crippen MR) is 76.7 cm³/mol. The quantitative estimate of drug-likeness (QED) is 0.563. The zero-order valence-corrected chi connectivity index (χ0v) is 12.5. The summed E-state index contributed by atoms with van der Waals surface area (Å²) in [6.07, 6.45) is 2.26. The van der Waals surface area contributed by atoms with Gasteiger partial charge in [-0.1, -0.05) is 6.92 Å². The Hall–Kier alpha value is -0.200. The first-order chi connectivity index (χ1) is 9.38. The molecule has 0 aromatic rings. The van der Waals surface area contributed by atoms with E-state index in [2.05, 4.69) is 17.1 Å². The van der Waals surface area contributed by atoms with Crippen molar-refractivity contribution in [2.45, 2.75) is 25.8 Å². The summed E-state index contributed by atoms with van der Waals surface area (Å²) >= 11 is 0. The van der Waals surface area contributed by atoms with E-state index >= 15 is 0 Å². The first kappa shape index (κ1) is 16.9. The van der Waals surface area contributed by atoms with E-state index in [-0.39, 0.29) is 0 Å². The Morgan fingerprint density at radius 1 is 1.32 bits per heavy atom. The SMILES string of the molecule is CCCNCC1COCCN1CCCOCCOC. The lowest BCUT2D eigenvalue weighted by molar-refractivity contribution is -0.0119. The van der Waals surface area contributed by atoms with Gasteiger partial charge >= 0.3 is 0 Å². The maximum atomic E-state index is 5.57. The number of nitrogens with zero attached hydrogens (tertiary/aromatic N) is 1. The average molecular weight is 274 g/mol. The van der Waals surface area contributed by atoms with E-state index in [1.165, 1.54) is 6.42 Å². The van der Waals surface area contributed by atoms with Crippen LogP contribution in [0.2, 0.25) is 0 Å². The smallest absolute Gasteiger partial charge is 0.0700 e. The van der Waals surface area contributed by atoms with Crippen LogP contribution in [0.5, 0.6) is 0 Å². The molecular weight excluding hydrogens is 244 g/mol. The van der Waals surface area contributed by atoms with E-state index in [1.807, 2.05) is 0 Å². The molecule has 0 spiro atoms. The van der Waals surface area contributed by atoms with Crippen molar-refractivity contribution in [1.82, 2.24) is 10.2 Å². The molecule has 1 aliphatic rings. The summed E-state index contributed by atoms with van der Waals surface area (Å²) in [6, 6.07) is 0.513.